The number of hydrogen-bond acceptors (Lipinski definition) is 4. The van der Waals surface area contributed by atoms with E-state index in [2.05, 4.69) is 29.4 Å². The number of amides is 1. The molecule has 3 rings (SSSR count). The highest BCUT2D eigenvalue weighted by molar-refractivity contribution is 7.98. The van der Waals surface area contributed by atoms with Gasteiger partial charge in [-0.2, -0.15) is 0 Å². The topological polar surface area (TPSA) is 59.8 Å². The Morgan fingerprint density at radius 1 is 1.14 bits per heavy atom. The maximum absolute atomic E-state index is 13.9. The molecule has 0 aliphatic heterocycles. The summed E-state index contributed by atoms with van der Waals surface area (Å²) in [4.78, 5) is 12.3. The van der Waals surface area contributed by atoms with Crippen LogP contribution in [0.3, 0.4) is 0 Å². The van der Waals surface area contributed by atoms with Crippen LogP contribution in [0, 0.1) is 17.6 Å². The maximum Gasteiger partial charge on any atom is 0.251 e. The smallest absolute Gasteiger partial charge is 0.251 e. The Morgan fingerprint density at radius 2 is 1.93 bits per heavy atom. The van der Waals surface area contributed by atoms with Crippen molar-refractivity contribution < 1.29 is 13.6 Å². The first-order valence-corrected chi connectivity index (χ1v) is 10.2. The molecule has 0 saturated carbocycles. The number of aromatic nitrogens is 3. The van der Waals surface area contributed by atoms with Crippen LogP contribution < -0.4 is 5.32 Å². The number of rotatable bonds is 8. The van der Waals surface area contributed by atoms with Crippen LogP contribution in [0.25, 0.3) is 0 Å². The quantitative estimate of drug-likeness (QED) is 0.552. The molecule has 2 aromatic carbocycles. The molecule has 29 heavy (non-hydrogen) atoms. The van der Waals surface area contributed by atoms with Crippen molar-refractivity contribution in [1.82, 2.24) is 20.1 Å². The van der Waals surface area contributed by atoms with Gasteiger partial charge < -0.3 is 9.88 Å². The molecule has 0 bridgehead atoms. The van der Waals surface area contributed by atoms with E-state index in [-0.39, 0.29) is 23.8 Å². The first kappa shape index (κ1) is 21.0. The lowest BCUT2D eigenvalue weighted by Gasteiger charge is -2.13. The molecule has 3 aromatic rings. The summed E-state index contributed by atoms with van der Waals surface area (Å²) in [6.07, 6.45) is 0. The predicted molar refractivity (Wildman–Crippen MR) is 108 cm³/mol. The number of halogens is 2. The van der Waals surface area contributed by atoms with Gasteiger partial charge in [-0.1, -0.05) is 49.9 Å². The molecule has 0 unspecified atom stereocenters. The summed E-state index contributed by atoms with van der Waals surface area (Å²) < 4.78 is 29.1. The molecule has 8 heteroatoms. The number of carbonyl (C=O) groups excluding carboxylic acids is 1. The van der Waals surface area contributed by atoms with Gasteiger partial charge in [-0.15, -0.1) is 10.2 Å². The highest BCUT2D eigenvalue weighted by Crippen LogP contribution is 2.24. The summed E-state index contributed by atoms with van der Waals surface area (Å²) in [5.41, 5.74) is 0.839. The van der Waals surface area contributed by atoms with Gasteiger partial charge in [0.1, 0.15) is 11.6 Å². The van der Waals surface area contributed by atoms with Gasteiger partial charge in [-0.25, -0.2) is 8.78 Å². The van der Waals surface area contributed by atoms with E-state index in [1.807, 2.05) is 4.57 Å². The van der Waals surface area contributed by atoms with E-state index in [9.17, 15) is 13.6 Å². The minimum Gasteiger partial charge on any atom is -0.345 e. The monoisotopic (exact) mass is 416 g/mol. The first-order valence-electron chi connectivity index (χ1n) is 9.26. The van der Waals surface area contributed by atoms with E-state index in [0.29, 0.717) is 34.8 Å². The first-order chi connectivity index (χ1) is 13.9. The number of thioether (sulfide) groups is 1. The largest absolute Gasteiger partial charge is 0.345 e. The van der Waals surface area contributed by atoms with Gasteiger partial charge >= 0.3 is 0 Å². The molecule has 0 saturated heterocycles. The van der Waals surface area contributed by atoms with Gasteiger partial charge in [0.25, 0.3) is 5.91 Å². The third kappa shape index (κ3) is 5.63. The van der Waals surface area contributed by atoms with E-state index in [0.717, 1.165) is 0 Å². The van der Waals surface area contributed by atoms with Gasteiger partial charge in [0.05, 0.1) is 6.54 Å². The highest BCUT2D eigenvalue weighted by atomic mass is 32.2. The molecular formula is C21H22F2N4OS. The lowest BCUT2D eigenvalue weighted by atomic mass is 10.2. The molecule has 0 spiro atoms. The second kappa shape index (κ2) is 9.65. The summed E-state index contributed by atoms with van der Waals surface area (Å²) in [6, 6.07) is 12.1. The lowest BCUT2D eigenvalue weighted by molar-refractivity contribution is 0.0949. The average molecular weight is 416 g/mol. The third-order valence-electron chi connectivity index (χ3n) is 4.15. The van der Waals surface area contributed by atoms with Crippen LogP contribution in [-0.2, 0) is 18.8 Å². The summed E-state index contributed by atoms with van der Waals surface area (Å²) >= 11 is 1.40. The minimum absolute atomic E-state index is 0.162. The molecule has 152 valence electrons. The summed E-state index contributed by atoms with van der Waals surface area (Å²) in [7, 11) is 0. The average Bonchev–Trinajstić information content (AvgIpc) is 3.06. The molecular weight excluding hydrogens is 394 g/mol. The highest BCUT2D eigenvalue weighted by Gasteiger charge is 2.16. The van der Waals surface area contributed by atoms with E-state index < -0.39 is 5.82 Å². The van der Waals surface area contributed by atoms with Crippen molar-refractivity contribution in [2.24, 2.45) is 5.92 Å². The standard InChI is InChI=1S/C21H22F2N4OS/c1-14(2)12-27-19(11-24-20(28)15-7-5-8-17(22)10-15)25-26-21(27)29-13-16-6-3-4-9-18(16)23/h3-10,14H,11-13H2,1-2H3,(H,24,28). The zero-order chi connectivity index (χ0) is 20.8. The molecule has 1 amide bonds. The zero-order valence-corrected chi connectivity index (χ0v) is 17.0. The molecule has 0 radical (unpaired) electrons. The Hall–Kier alpha value is -2.74. The van der Waals surface area contributed by atoms with Gasteiger partial charge in [0.15, 0.2) is 11.0 Å². The van der Waals surface area contributed by atoms with Crippen LogP contribution in [0.2, 0.25) is 0 Å². The maximum atomic E-state index is 13.9. The minimum atomic E-state index is -0.465. The van der Waals surface area contributed by atoms with E-state index >= 15 is 0 Å². The zero-order valence-electron chi connectivity index (χ0n) is 16.2. The molecule has 0 fully saturated rings. The third-order valence-corrected chi connectivity index (χ3v) is 5.17. The molecule has 0 aliphatic carbocycles. The predicted octanol–water partition coefficient (Wildman–Crippen LogP) is 4.43. The Balaban J connectivity index is 1.71. The number of carbonyl (C=O) groups is 1. The Morgan fingerprint density at radius 3 is 2.66 bits per heavy atom. The van der Waals surface area contributed by atoms with Crippen molar-refractivity contribution in [3.05, 3.63) is 77.1 Å². The van der Waals surface area contributed by atoms with Gasteiger partial charge in [-0.05, 0) is 35.7 Å². The van der Waals surface area contributed by atoms with Crippen molar-refractivity contribution in [2.75, 3.05) is 0 Å². The van der Waals surface area contributed by atoms with Crippen molar-refractivity contribution in [2.45, 2.75) is 37.8 Å². The number of nitrogens with one attached hydrogen (secondary N) is 1. The van der Waals surface area contributed by atoms with Crippen molar-refractivity contribution in [3.8, 4) is 0 Å². The molecule has 0 aliphatic rings. The van der Waals surface area contributed by atoms with Crippen molar-refractivity contribution in [3.63, 3.8) is 0 Å². The molecule has 1 aromatic heterocycles. The van der Waals surface area contributed by atoms with Crippen LogP contribution in [-0.4, -0.2) is 20.7 Å². The fraction of sp³-hybridized carbons (Fsp3) is 0.286. The van der Waals surface area contributed by atoms with E-state index in [1.165, 1.54) is 36.0 Å². The molecule has 1 N–H and O–H groups in total. The van der Waals surface area contributed by atoms with Gasteiger partial charge in [0.2, 0.25) is 0 Å². The van der Waals surface area contributed by atoms with Gasteiger partial charge in [0, 0.05) is 17.9 Å². The van der Waals surface area contributed by atoms with Crippen LogP contribution >= 0.6 is 11.8 Å². The van der Waals surface area contributed by atoms with Crippen LogP contribution in [0.15, 0.2) is 53.7 Å². The second-order valence-electron chi connectivity index (χ2n) is 6.98. The van der Waals surface area contributed by atoms with Crippen LogP contribution in [0.5, 0.6) is 0 Å². The number of hydrogen-bond donors (Lipinski definition) is 1. The number of nitrogens with zero attached hydrogens (tertiary/aromatic N) is 3. The summed E-state index contributed by atoms with van der Waals surface area (Å²) in [5.74, 6) is 0.253. The van der Waals surface area contributed by atoms with Gasteiger partial charge in [-0.3, -0.25) is 4.79 Å². The number of benzene rings is 2. The second-order valence-corrected chi connectivity index (χ2v) is 7.92. The Bertz CT molecular complexity index is 990. The Kier molecular flexibility index (Phi) is 6.98. The Labute approximate surface area is 172 Å². The normalized spacial score (nSPS) is 11.1. The summed E-state index contributed by atoms with van der Waals surface area (Å²) in [6.45, 7) is 4.97. The van der Waals surface area contributed by atoms with Crippen LogP contribution in [0.4, 0.5) is 8.78 Å². The fourth-order valence-corrected chi connectivity index (χ4v) is 3.71. The molecule has 0 atom stereocenters. The van der Waals surface area contributed by atoms with E-state index in [4.69, 9.17) is 0 Å². The molecule has 5 nitrogen and oxygen atoms in total. The van der Waals surface area contributed by atoms with Crippen molar-refractivity contribution >= 4 is 17.7 Å². The lowest BCUT2D eigenvalue weighted by Crippen LogP contribution is -2.25. The van der Waals surface area contributed by atoms with Crippen LogP contribution in [0.1, 0.15) is 35.6 Å². The molecule has 1 heterocycles. The fourth-order valence-electron chi connectivity index (χ4n) is 2.75. The SMILES string of the molecule is CC(C)Cn1c(CNC(=O)c2cccc(F)c2)nnc1SCc1ccccc1F. The van der Waals surface area contributed by atoms with Crippen molar-refractivity contribution in [1.29, 1.82) is 0 Å². The van der Waals surface area contributed by atoms with E-state index in [1.54, 1.807) is 24.3 Å². The summed E-state index contributed by atoms with van der Waals surface area (Å²) in [5, 5.41) is 11.8.